The van der Waals surface area contributed by atoms with Crippen LogP contribution in [-0.2, 0) is 0 Å². The molecule has 1 aliphatic heterocycles. The van der Waals surface area contributed by atoms with Gasteiger partial charge in [-0.15, -0.1) is 0 Å². The molecule has 0 amide bonds. The van der Waals surface area contributed by atoms with E-state index in [0.29, 0.717) is 12.0 Å². The lowest BCUT2D eigenvalue weighted by molar-refractivity contribution is 0.453. The average Bonchev–Trinajstić information content (AvgIpc) is 2.83. The minimum Gasteiger partial charge on any atom is -0.346 e. The van der Waals surface area contributed by atoms with Crippen molar-refractivity contribution in [2.45, 2.75) is 18.9 Å². The number of nitrogens with two attached hydrogens (primary N) is 1. The zero-order valence-corrected chi connectivity index (χ0v) is 8.78. The number of nitrogens with zero attached hydrogens (tertiary/aromatic N) is 3. The molecular formula is C9H14N4S. The molecule has 0 aromatic carbocycles. The van der Waals surface area contributed by atoms with Gasteiger partial charge in [0.25, 0.3) is 0 Å². The molecule has 76 valence electrons. The Labute approximate surface area is 87.3 Å². The molecule has 2 heterocycles. The Morgan fingerprint density at radius 3 is 3.07 bits per heavy atom. The quantitative estimate of drug-likeness (QED) is 0.742. The summed E-state index contributed by atoms with van der Waals surface area (Å²) in [5.74, 6) is 1.49. The Hall–Kier alpha value is -0.680. The number of hydrogen-bond acceptors (Lipinski definition) is 5. The molecule has 1 aliphatic carbocycles. The lowest BCUT2D eigenvalue weighted by Gasteiger charge is -2.16. The highest BCUT2D eigenvalue weighted by Gasteiger charge is 2.41. The molecule has 3 atom stereocenters. The average molecular weight is 210 g/mol. The summed E-state index contributed by atoms with van der Waals surface area (Å²) < 4.78 is 4.04. The number of aromatic nitrogens is 2. The summed E-state index contributed by atoms with van der Waals surface area (Å²) in [5.41, 5.74) is 6.08. The van der Waals surface area contributed by atoms with Crippen LogP contribution in [0.3, 0.4) is 0 Å². The third kappa shape index (κ3) is 1.23. The van der Waals surface area contributed by atoms with E-state index in [1.807, 2.05) is 0 Å². The van der Waals surface area contributed by atoms with Gasteiger partial charge in [-0.25, -0.2) is 4.98 Å². The molecule has 4 nitrogen and oxygen atoms in total. The van der Waals surface area contributed by atoms with Crippen molar-refractivity contribution in [3.63, 3.8) is 0 Å². The van der Waals surface area contributed by atoms with E-state index in [1.165, 1.54) is 24.4 Å². The van der Waals surface area contributed by atoms with Crippen molar-refractivity contribution in [2.75, 3.05) is 18.0 Å². The van der Waals surface area contributed by atoms with Crippen LogP contribution in [0.15, 0.2) is 6.33 Å². The predicted octanol–water partition coefficient (Wildman–Crippen LogP) is 0.712. The Kier molecular flexibility index (Phi) is 1.95. The zero-order valence-electron chi connectivity index (χ0n) is 7.97. The van der Waals surface area contributed by atoms with Crippen molar-refractivity contribution in [1.29, 1.82) is 0 Å². The van der Waals surface area contributed by atoms with Gasteiger partial charge < -0.3 is 10.6 Å². The van der Waals surface area contributed by atoms with Crippen LogP contribution >= 0.6 is 11.5 Å². The third-order valence-electron chi connectivity index (χ3n) is 3.53. The van der Waals surface area contributed by atoms with Crippen LogP contribution in [-0.4, -0.2) is 28.5 Å². The van der Waals surface area contributed by atoms with Gasteiger partial charge in [-0.2, -0.15) is 4.37 Å². The predicted molar refractivity (Wildman–Crippen MR) is 56.3 cm³/mol. The summed E-state index contributed by atoms with van der Waals surface area (Å²) in [6.45, 7) is 2.22. The van der Waals surface area contributed by atoms with Crippen molar-refractivity contribution in [3.05, 3.63) is 6.33 Å². The Bertz CT molecular complexity index is 313. The lowest BCUT2D eigenvalue weighted by atomic mass is 9.98. The molecule has 1 aromatic rings. The molecule has 1 saturated carbocycles. The number of fused-ring (bicyclic) bond motifs is 1. The molecule has 14 heavy (non-hydrogen) atoms. The van der Waals surface area contributed by atoms with Gasteiger partial charge in [0.2, 0.25) is 5.13 Å². The van der Waals surface area contributed by atoms with Crippen LogP contribution < -0.4 is 10.6 Å². The SMILES string of the molecule is NC1CCC2CN(c3ncns3)CC12. The van der Waals surface area contributed by atoms with Gasteiger partial charge in [0.1, 0.15) is 6.33 Å². The fraction of sp³-hybridized carbons (Fsp3) is 0.778. The summed E-state index contributed by atoms with van der Waals surface area (Å²) in [6.07, 6.45) is 4.13. The first-order chi connectivity index (χ1) is 6.84. The van der Waals surface area contributed by atoms with Crippen molar-refractivity contribution >= 4 is 16.7 Å². The summed E-state index contributed by atoms with van der Waals surface area (Å²) in [4.78, 5) is 6.58. The highest BCUT2D eigenvalue weighted by Crippen LogP contribution is 2.38. The number of rotatable bonds is 1. The fourth-order valence-electron chi connectivity index (χ4n) is 2.77. The van der Waals surface area contributed by atoms with E-state index < -0.39 is 0 Å². The number of anilines is 1. The molecule has 0 spiro atoms. The Morgan fingerprint density at radius 1 is 1.43 bits per heavy atom. The molecular weight excluding hydrogens is 196 g/mol. The molecule has 1 saturated heterocycles. The van der Waals surface area contributed by atoms with Gasteiger partial charge in [0, 0.05) is 30.7 Å². The second kappa shape index (κ2) is 3.17. The minimum absolute atomic E-state index is 0.415. The van der Waals surface area contributed by atoms with Crippen LogP contribution in [0.1, 0.15) is 12.8 Å². The van der Waals surface area contributed by atoms with Gasteiger partial charge in [0.15, 0.2) is 0 Å². The lowest BCUT2D eigenvalue weighted by Crippen LogP contribution is -2.30. The normalized spacial score (nSPS) is 36.4. The summed E-state index contributed by atoms with van der Waals surface area (Å²) in [7, 11) is 0. The molecule has 0 radical (unpaired) electrons. The second-order valence-corrected chi connectivity index (χ2v) is 5.05. The van der Waals surface area contributed by atoms with Gasteiger partial charge in [-0.3, -0.25) is 0 Å². The van der Waals surface area contributed by atoms with E-state index in [2.05, 4.69) is 14.3 Å². The van der Waals surface area contributed by atoms with E-state index in [1.54, 1.807) is 6.33 Å². The van der Waals surface area contributed by atoms with Gasteiger partial charge in [-0.05, 0) is 24.7 Å². The van der Waals surface area contributed by atoms with E-state index in [0.717, 1.165) is 24.1 Å². The Balaban J connectivity index is 1.77. The third-order valence-corrected chi connectivity index (χ3v) is 4.26. The molecule has 0 bridgehead atoms. The van der Waals surface area contributed by atoms with Gasteiger partial charge in [0.05, 0.1) is 0 Å². The largest absolute Gasteiger partial charge is 0.346 e. The highest BCUT2D eigenvalue weighted by molar-refractivity contribution is 7.09. The molecule has 2 N–H and O–H groups in total. The van der Waals surface area contributed by atoms with Crippen molar-refractivity contribution in [1.82, 2.24) is 9.36 Å². The van der Waals surface area contributed by atoms with Gasteiger partial charge in [-0.1, -0.05) is 0 Å². The van der Waals surface area contributed by atoms with E-state index >= 15 is 0 Å². The zero-order chi connectivity index (χ0) is 9.54. The standard InChI is InChI=1S/C9H14N4S/c10-8-2-1-6-3-13(4-7(6)8)9-11-5-12-14-9/h5-8H,1-4,10H2. The maximum Gasteiger partial charge on any atom is 0.204 e. The molecule has 1 aromatic heterocycles. The topological polar surface area (TPSA) is 55.0 Å². The first-order valence-electron chi connectivity index (χ1n) is 5.12. The molecule has 3 unspecified atom stereocenters. The monoisotopic (exact) mass is 210 g/mol. The van der Waals surface area contributed by atoms with Crippen LogP contribution in [0.5, 0.6) is 0 Å². The fourth-order valence-corrected chi connectivity index (χ4v) is 3.32. The highest BCUT2D eigenvalue weighted by atomic mass is 32.1. The first-order valence-corrected chi connectivity index (χ1v) is 5.89. The van der Waals surface area contributed by atoms with E-state index in [-0.39, 0.29) is 0 Å². The molecule has 3 rings (SSSR count). The second-order valence-electron chi connectivity index (χ2n) is 4.29. The van der Waals surface area contributed by atoms with E-state index in [4.69, 9.17) is 5.73 Å². The molecule has 2 fully saturated rings. The van der Waals surface area contributed by atoms with Crippen LogP contribution in [0.2, 0.25) is 0 Å². The summed E-state index contributed by atoms with van der Waals surface area (Å²) >= 11 is 1.48. The van der Waals surface area contributed by atoms with Crippen LogP contribution in [0, 0.1) is 11.8 Å². The van der Waals surface area contributed by atoms with Crippen molar-refractivity contribution in [2.24, 2.45) is 17.6 Å². The molecule has 2 aliphatic rings. The van der Waals surface area contributed by atoms with Crippen LogP contribution in [0.4, 0.5) is 5.13 Å². The smallest absolute Gasteiger partial charge is 0.204 e. The van der Waals surface area contributed by atoms with Crippen molar-refractivity contribution < 1.29 is 0 Å². The van der Waals surface area contributed by atoms with E-state index in [9.17, 15) is 0 Å². The van der Waals surface area contributed by atoms with Gasteiger partial charge >= 0.3 is 0 Å². The first kappa shape index (κ1) is 8.61. The Morgan fingerprint density at radius 2 is 2.36 bits per heavy atom. The van der Waals surface area contributed by atoms with Crippen molar-refractivity contribution in [3.8, 4) is 0 Å². The minimum atomic E-state index is 0.415. The van der Waals surface area contributed by atoms with Crippen LogP contribution in [0.25, 0.3) is 0 Å². The molecule has 5 heteroatoms. The number of hydrogen-bond donors (Lipinski definition) is 1. The maximum absolute atomic E-state index is 6.08. The summed E-state index contributed by atoms with van der Waals surface area (Å²) in [5, 5.41) is 1.06. The maximum atomic E-state index is 6.08. The summed E-state index contributed by atoms with van der Waals surface area (Å²) in [6, 6.07) is 0.415.